The SMILES string of the molecule is N.O.OB(O)O.OB(O)O.OB(O)O.OB(O)O. The van der Waals surface area contributed by atoms with Gasteiger partial charge in [-0.2, -0.15) is 0 Å². The molecule has 0 radical (unpaired) electrons. The minimum atomic E-state index is -2.17. The molecule has 0 aliphatic carbocycles. The smallest absolute Gasteiger partial charge is 0.412 e. The van der Waals surface area contributed by atoms with Gasteiger partial charge in [-0.1, -0.05) is 0 Å². The van der Waals surface area contributed by atoms with Crippen molar-refractivity contribution in [2.24, 2.45) is 0 Å². The monoisotopic (exact) mass is 283 g/mol. The number of hydrogen-bond acceptors (Lipinski definition) is 13. The van der Waals surface area contributed by atoms with Crippen LogP contribution in [0.2, 0.25) is 0 Å². The fraction of sp³-hybridized carbons (Fsp3) is 0. The lowest BCUT2D eigenvalue weighted by Crippen LogP contribution is -2.07. The Morgan fingerprint density at radius 1 is 0.333 bits per heavy atom. The fourth-order valence-corrected chi connectivity index (χ4v) is 0. The van der Waals surface area contributed by atoms with Gasteiger partial charge in [0.05, 0.1) is 0 Å². The molecule has 0 aromatic carbocycles. The van der Waals surface area contributed by atoms with Gasteiger partial charge in [0.15, 0.2) is 0 Å². The molecule has 0 saturated heterocycles. The molecule has 0 saturated carbocycles. The lowest BCUT2D eigenvalue weighted by molar-refractivity contribution is 0.276. The average molecular weight is 282 g/mol. The zero-order valence-electron chi connectivity index (χ0n) is 8.88. The van der Waals surface area contributed by atoms with Crippen LogP contribution in [0.25, 0.3) is 0 Å². The normalized spacial score (nSPS) is 6.00. The maximum absolute atomic E-state index is 7.17. The van der Waals surface area contributed by atoms with Gasteiger partial charge in [-0.05, 0) is 0 Å². The molecule has 112 valence electrons. The summed E-state index contributed by atoms with van der Waals surface area (Å²) < 4.78 is 0. The van der Waals surface area contributed by atoms with Crippen LogP contribution in [-0.4, -0.2) is 95.0 Å². The quantitative estimate of drug-likeness (QED) is 0.184. The van der Waals surface area contributed by atoms with E-state index < -0.39 is 29.3 Å². The van der Waals surface area contributed by atoms with E-state index in [1.165, 1.54) is 0 Å². The summed E-state index contributed by atoms with van der Waals surface area (Å²) in [6.45, 7) is 0. The summed E-state index contributed by atoms with van der Waals surface area (Å²) in [5.74, 6) is 0. The van der Waals surface area contributed by atoms with Crippen molar-refractivity contribution in [3.05, 3.63) is 0 Å². The third kappa shape index (κ3) is 37600. The molecule has 0 spiro atoms. The molecule has 0 bridgehead atoms. The second-order valence-electron chi connectivity index (χ2n) is 1.39. The lowest BCUT2D eigenvalue weighted by Gasteiger charge is -1.69. The van der Waals surface area contributed by atoms with Gasteiger partial charge in [0.2, 0.25) is 0 Å². The Bertz CT molecular complexity index is 62.0. The van der Waals surface area contributed by atoms with E-state index in [1.54, 1.807) is 0 Å². The van der Waals surface area contributed by atoms with Crippen LogP contribution in [0.3, 0.4) is 0 Å². The van der Waals surface area contributed by atoms with Gasteiger partial charge in [-0.15, -0.1) is 0 Å². The van der Waals surface area contributed by atoms with Gasteiger partial charge in [-0.25, -0.2) is 0 Å². The molecule has 18 heavy (non-hydrogen) atoms. The van der Waals surface area contributed by atoms with Crippen LogP contribution in [0.4, 0.5) is 0 Å². The maximum atomic E-state index is 7.17. The number of rotatable bonds is 0. The van der Waals surface area contributed by atoms with Crippen LogP contribution in [-0.2, 0) is 0 Å². The Morgan fingerprint density at radius 2 is 0.333 bits per heavy atom. The zero-order valence-corrected chi connectivity index (χ0v) is 8.88. The van der Waals surface area contributed by atoms with E-state index in [2.05, 4.69) is 0 Å². The van der Waals surface area contributed by atoms with Crippen molar-refractivity contribution in [3.8, 4) is 0 Å². The van der Waals surface area contributed by atoms with E-state index in [0.717, 1.165) is 0 Å². The lowest BCUT2D eigenvalue weighted by atomic mass is 10.3. The highest BCUT2D eigenvalue weighted by Gasteiger charge is 1.93. The van der Waals surface area contributed by atoms with Crippen LogP contribution in [0.15, 0.2) is 0 Å². The van der Waals surface area contributed by atoms with Crippen LogP contribution in [0.1, 0.15) is 0 Å². The minimum Gasteiger partial charge on any atom is -0.412 e. The molecular formula is H17B4NO13. The van der Waals surface area contributed by atoms with E-state index in [-0.39, 0.29) is 11.6 Å². The van der Waals surface area contributed by atoms with Crippen molar-refractivity contribution in [2.75, 3.05) is 0 Å². The highest BCUT2D eigenvalue weighted by molar-refractivity contribution is 6.31. The summed E-state index contributed by atoms with van der Waals surface area (Å²) in [4.78, 5) is 0. The molecule has 17 N–H and O–H groups in total. The van der Waals surface area contributed by atoms with Crippen LogP contribution >= 0.6 is 0 Å². The molecule has 0 rings (SSSR count). The molecular weight excluding hydrogens is 265 g/mol. The Labute approximate surface area is 102 Å². The molecule has 14 nitrogen and oxygen atoms in total. The van der Waals surface area contributed by atoms with Crippen LogP contribution < -0.4 is 6.15 Å². The van der Waals surface area contributed by atoms with Crippen molar-refractivity contribution in [2.45, 2.75) is 0 Å². The van der Waals surface area contributed by atoms with Gasteiger partial charge >= 0.3 is 29.3 Å². The van der Waals surface area contributed by atoms with Crippen LogP contribution in [0, 0.1) is 0 Å². The third-order valence-electron chi connectivity index (χ3n) is 0. The van der Waals surface area contributed by atoms with Gasteiger partial charge in [0.25, 0.3) is 0 Å². The molecule has 0 amide bonds. The Kier molecular flexibility index (Phi) is 60.2. The third-order valence-corrected chi connectivity index (χ3v) is 0. The van der Waals surface area contributed by atoms with Crippen molar-refractivity contribution in [1.29, 1.82) is 0 Å². The molecule has 0 aromatic rings. The molecule has 0 fully saturated rings. The first-order chi connectivity index (χ1) is 6.93. The Hall–Kier alpha value is -0.300. The number of hydrogen-bond donors (Lipinski definition) is 13. The summed E-state index contributed by atoms with van der Waals surface area (Å²) in [5.41, 5.74) is 0. The zero-order chi connectivity index (χ0) is 14.3. The standard InChI is InChI=1S/4BH3O3.H3N.H2O/c4*2-1(3)4;;/h4*2-4H;1H3;1H2. The molecule has 0 unspecified atom stereocenters. The summed E-state index contributed by atoms with van der Waals surface area (Å²) in [6, 6.07) is 0. The summed E-state index contributed by atoms with van der Waals surface area (Å²) in [6.07, 6.45) is 0. The highest BCUT2D eigenvalue weighted by Crippen LogP contribution is 1.41. The van der Waals surface area contributed by atoms with Crippen molar-refractivity contribution in [1.82, 2.24) is 6.15 Å². The van der Waals surface area contributed by atoms with Gasteiger partial charge in [0.1, 0.15) is 0 Å². The topological polar surface area (TPSA) is 309 Å². The maximum Gasteiger partial charge on any atom is 0.631 e. The molecule has 0 aliphatic heterocycles. The predicted molar refractivity (Wildman–Crippen MR) is 58.3 cm³/mol. The Morgan fingerprint density at radius 3 is 0.333 bits per heavy atom. The van der Waals surface area contributed by atoms with E-state index in [4.69, 9.17) is 60.3 Å². The second-order valence-corrected chi connectivity index (χ2v) is 1.39. The summed E-state index contributed by atoms with van der Waals surface area (Å²) in [5, 5.41) is 86.0. The molecule has 0 heterocycles. The van der Waals surface area contributed by atoms with Crippen molar-refractivity contribution >= 4 is 29.3 Å². The first kappa shape index (κ1) is 36.1. The first-order valence-corrected chi connectivity index (χ1v) is 3.10. The highest BCUT2D eigenvalue weighted by atomic mass is 16.5. The Balaban J connectivity index is -0.0000000257. The summed E-state index contributed by atoms with van der Waals surface area (Å²) in [7, 11) is -8.67. The van der Waals surface area contributed by atoms with Gasteiger partial charge in [0, 0.05) is 0 Å². The molecule has 0 atom stereocenters. The van der Waals surface area contributed by atoms with E-state index in [0.29, 0.717) is 0 Å². The van der Waals surface area contributed by atoms with Crippen LogP contribution in [0.5, 0.6) is 0 Å². The van der Waals surface area contributed by atoms with E-state index in [1.807, 2.05) is 0 Å². The van der Waals surface area contributed by atoms with E-state index >= 15 is 0 Å². The van der Waals surface area contributed by atoms with Crippen molar-refractivity contribution in [3.63, 3.8) is 0 Å². The first-order valence-electron chi connectivity index (χ1n) is 3.10. The second kappa shape index (κ2) is 30.1. The summed E-state index contributed by atoms with van der Waals surface area (Å²) >= 11 is 0. The predicted octanol–water partition coefficient (Wildman–Crippen LogP) is -8.87. The van der Waals surface area contributed by atoms with Crippen molar-refractivity contribution < 1.29 is 65.8 Å². The largest absolute Gasteiger partial charge is 0.631 e. The average Bonchev–Trinajstić information content (AvgIpc) is 1.76. The minimum absolute atomic E-state index is 0. The molecule has 18 heteroatoms. The van der Waals surface area contributed by atoms with Gasteiger partial charge in [-0.3, -0.25) is 0 Å². The molecule has 0 aromatic heterocycles. The fourth-order valence-electron chi connectivity index (χ4n) is 0. The van der Waals surface area contributed by atoms with Gasteiger partial charge < -0.3 is 71.9 Å². The van der Waals surface area contributed by atoms with E-state index in [9.17, 15) is 0 Å². The molecule has 0 aliphatic rings.